The molecule has 2 aromatic rings. The molecule has 1 heterocycles. The zero-order valence-electron chi connectivity index (χ0n) is 19.4. The van der Waals surface area contributed by atoms with Gasteiger partial charge in [0.25, 0.3) is 0 Å². The normalized spacial score (nSPS) is 20.0. The predicted octanol–water partition coefficient (Wildman–Crippen LogP) is 4.97. The lowest BCUT2D eigenvalue weighted by Gasteiger charge is -2.34. The van der Waals surface area contributed by atoms with Crippen molar-refractivity contribution in [1.82, 2.24) is 5.32 Å². The van der Waals surface area contributed by atoms with Gasteiger partial charge in [-0.3, -0.25) is 9.59 Å². The highest BCUT2D eigenvalue weighted by molar-refractivity contribution is 9.10. The molecule has 180 valence electrons. The van der Waals surface area contributed by atoms with Crippen molar-refractivity contribution in [1.29, 1.82) is 0 Å². The minimum Gasteiger partial charge on any atom is -0.503 e. The number of benzene rings is 2. The molecule has 2 atom stereocenters. The van der Waals surface area contributed by atoms with E-state index in [1.165, 1.54) is 0 Å². The summed E-state index contributed by atoms with van der Waals surface area (Å²) in [5.74, 6) is 0.986. The molecule has 2 aromatic carbocycles. The molecule has 1 aliphatic carbocycles. The molecule has 0 bridgehead atoms. The van der Waals surface area contributed by atoms with Gasteiger partial charge in [0, 0.05) is 30.0 Å². The molecule has 7 nitrogen and oxygen atoms in total. The van der Waals surface area contributed by atoms with Crippen molar-refractivity contribution in [2.24, 2.45) is 0 Å². The minimum absolute atomic E-state index is 0.000421. The number of allylic oxidation sites excluding steroid dienone is 2. The highest BCUT2D eigenvalue weighted by Crippen LogP contribution is 2.46. The van der Waals surface area contributed by atoms with Crippen LogP contribution < -0.4 is 19.5 Å². The van der Waals surface area contributed by atoms with Gasteiger partial charge >= 0.3 is 0 Å². The molecular weight excluding hydrogens is 502 g/mol. The Labute approximate surface area is 207 Å². The molecule has 0 saturated carbocycles. The number of ketones is 1. The third-order valence-electron chi connectivity index (χ3n) is 6.25. The highest BCUT2D eigenvalue weighted by atomic mass is 79.9. The van der Waals surface area contributed by atoms with E-state index >= 15 is 0 Å². The van der Waals surface area contributed by atoms with Gasteiger partial charge in [0.1, 0.15) is 0 Å². The van der Waals surface area contributed by atoms with Crippen LogP contribution in [0.25, 0.3) is 0 Å². The maximum atomic E-state index is 13.4. The van der Waals surface area contributed by atoms with Crippen LogP contribution in [0.5, 0.6) is 23.0 Å². The number of phenols is 1. The summed E-state index contributed by atoms with van der Waals surface area (Å²) in [6, 6.07) is 9.18. The first kappa shape index (κ1) is 24.1. The Hall–Kier alpha value is -3.00. The topological polar surface area (TPSA) is 94.1 Å². The molecule has 0 aromatic heterocycles. The first-order valence-electron chi connectivity index (χ1n) is 11.4. The molecule has 0 spiro atoms. The number of phenolic OH excluding ortho intramolecular Hbond substituents is 1. The number of ether oxygens (including phenoxy) is 3. The largest absolute Gasteiger partial charge is 0.503 e. The van der Waals surface area contributed by atoms with Crippen molar-refractivity contribution in [2.45, 2.75) is 44.9 Å². The summed E-state index contributed by atoms with van der Waals surface area (Å²) >= 11 is 3.37. The van der Waals surface area contributed by atoms with Crippen molar-refractivity contribution in [3.8, 4) is 23.0 Å². The van der Waals surface area contributed by atoms with Crippen LogP contribution in [-0.4, -0.2) is 37.1 Å². The van der Waals surface area contributed by atoms with Gasteiger partial charge < -0.3 is 24.6 Å². The van der Waals surface area contributed by atoms with Crippen LogP contribution in [0, 0.1) is 0 Å². The van der Waals surface area contributed by atoms with Gasteiger partial charge in [-0.1, -0.05) is 6.07 Å². The number of hydrogen-bond acceptors (Lipinski definition) is 6. The molecule has 2 aliphatic rings. The number of rotatable bonds is 7. The molecular formula is C26H28BrNO6. The Morgan fingerprint density at radius 3 is 2.38 bits per heavy atom. The van der Waals surface area contributed by atoms with E-state index in [1.54, 1.807) is 19.2 Å². The Kier molecular flexibility index (Phi) is 7.16. The quantitative estimate of drug-likeness (QED) is 0.526. The van der Waals surface area contributed by atoms with Gasteiger partial charge in [0.2, 0.25) is 5.91 Å². The maximum absolute atomic E-state index is 13.4. The first-order chi connectivity index (χ1) is 16.4. The fraction of sp³-hybridized carbons (Fsp3) is 0.385. The Bertz CT molecular complexity index is 1160. The predicted molar refractivity (Wildman–Crippen MR) is 131 cm³/mol. The summed E-state index contributed by atoms with van der Waals surface area (Å²) < 4.78 is 17.1. The summed E-state index contributed by atoms with van der Waals surface area (Å²) in [5.41, 5.74) is 3.01. The number of methoxy groups -OCH3 is 1. The van der Waals surface area contributed by atoms with Crippen LogP contribution >= 0.6 is 15.9 Å². The minimum atomic E-state index is -0.400. The van der Waals surface area contributed by atoms with Crippen molar-refractivity contribution < 1.29 is 28.9 Å². The van der Waals surface area contributed by atoms with Crippen LogP contribution in [0.1, 0.15) is 56.1 Å². The van der Waals surface area contributed by atoms with Gasteiger partial charge in [-0.05, 0) is 77.5 Å². The second-order valence-electron chi connectivity index (χ2n) is 8.35. The molecule has 8 heteroatoms. The van der Waals surface area contributed by atoms with Gasteiger partial charge in [0.05, 0.1) is 24.8 Å². The third kappa shape index (κ3) is 4.64. The van der Waals surface area contributed by atoms with E-state index in [-0.39, 0.29) is 29.8 Å². The molecule has 34 heavy (non-hydrogen) atoms. The fourth-order valence-corrected chi connectivity index (χ4v) is 5.21. The summed E-state index contributed by atoms with van der Waals surface area (Å²) in [6.07, 6.45) is 1.03. The monoisotopic (exact) mass is 529 g/mol. The number of amides is 1. The lowest BCUT2D eigenvalue weighted by atomic mass is 9.73. The lowest BCUT2D eigenvalue weighted by molar-refractivity contribution is -0.122. The smallest absolute Gasteiger partial charge is 0.225 e. The molecule has 0 saturated heterocycles. The van der Waals surface area contributed by atoms with E-state index < -0.39 is 5.92 Å². The van der Waals surface area contributed by atoms with Crippen LogP contribution in [-0.2, 0) is 9.59 Å². The average Bonchev–Trinajstić information content (AvgIpc) is 2.81. The van der Waals surface area contributed by atoms with Crippen molar-refractivity contribution in [3.05, 3.63) is 57.2 Å². The zero-order valence-corrected chi connectivity index (χ0v) is 21.0. The molecule has 4 rings (SSSR count). The van der Waals surface area contributed by atoms with Crippen LogP contribution in [0.2, 0.25) is 0 Å². The van der Waals surface area contributed by atoms with E-state index in [0.29, 0.717) is 59.0 Å². The lowest BCUT2D eigenvalue weighted by Crippen LogP contribution is -2.38. The molecule has 0 fully saturated rings. The molecule has 2 N–H and O–H groups in total. The van der Waals surface area contributed by atoms with Crippen molar-refractivity contribution >= 4 is 27.6 Å². The van der Waals surface area contributed by atoms with Crippen molar-refractivity contribution in [3.63, 3.8) is 0 Å². The van der Waals surface area contributed by atoms with E-state index in [0.717, 1.165) is 11.1 Å². The van der Waals surface area contributed by atoms with Crippen molar-refractivity contribution in [2.75, 3.05) is 20.3 Å². The standard InChI is InChI=1S/C26H28BrNO6/c1-4-33-21-7-6-14(11-22(21)32-3)15-9-19-25(20(29)10-15)17(13-24(30)28-19)16-8-18(27)26(31)23(12-16)34-5-2/h6-8,11-12,15,17,31H,4-5,9-10,13H2,1-3H3,(H,28,30). The van der Waals surface area contributed by atoms with Gasteiger partial charge in [-0.15, -0.1) is 0 Å². The molecule has 1 aliphatic heterocycles. The number of Topliss-reactive ketones (excluding diaryl/α,β-unsaturated/α-hetero) is 1. The molecule has 1 amide bonds. The second-order valence-corrected chi connectivity index (χ2v) is 9.21. The van der Waals surface area contributed by atoms with Crippen LogP contribution in [0.15, 0.2) is 46.1 Å². The summed E-state index contributed by atoms with van der Waals surface area (Å²) in [4.78, 5) is 26.1. The van der Waals surface area contributed by atoms with Gasteiger partial charge in [-0.25, -0.2) is 0 Å². The third-order valence-corrected chi connectivity index (χ3v) is 6.85. The summed E-state index contributed by atoms with van der Waals surface area (Å²) in [7, 11) is 1.59. The fourth-order valence-electron chi connectivity index (χ4n) is 4.75. The summed E-state index contributed by atoms with van der Waals surface area (Å²) in [6.45, 7) is 4.65. The van der Waals surface area contributed by atoms with Gasteiger partial charge in [0.15, 0.2) is 28.8 Å². The first-order valence-corrected chi connectivity index (χ1v) is 12.2. The number of aromatic hydroxyl groups is 1. The Morgan fingerprint density at radius 2 is 1.68 bits per heavy atom. The number of halogens is 1. The maximum Gasteiger partial charge on any atom is 0.225 e. The van der Waals surface area contributed by atoms with Crippen LogP contribution in [0.3, 0.4) is 0 Å². The van der Waals surface area contributed by atoms with Gasteiger partial charge in [-0.2, -0.15) is 0 Å². The van der Waals surface area contributed by atoms with E-state index in [2.05, 4.69) is 21.2 Å². The molecule has 2 unspecified atom stereocenters. The number of nitrogens with one attached hydrogen (secondary N) is 1. The number of carbonyl (C=O) groups is 2. The van der Waals surface area contributed by atoms with E-state index in [4.69, 9.17) is 14.2 Å². The number of hydrogen-bond donors (Lipinski definition) is 2. The van der Waals surface area contributed by atoms with Crippen LogP contribution in [0.4, 0.5) is 0 Å². The Morgan fingerprint density at radius 1 is 0.971 bits per heavy atom. The molecule has 0 radical (unpaired) electrons. The zero-order chi connectivity index (χ0) is 24.4. The average molecular weight is 530 g/mol. The summed E-state index contributed by atoms with van der Waals surface area (Å²) in [5, 5.41) is 13.2. The SMILES string of the molecule is CCOc1ccc(C2CC(=O)C3=C(C2)NC(=O)CC3c2cc(Br)c(O)c(OCC)c2)cc1OC. The van der Waals surface area contributed by atoms with E-state index in [1.807, 2.05) is 32.0 Å². The Balaban J connectivity index is 1.70. The van der Waals surface area contributed by atoms with E-state index in [9.17, 15) is 14.7 Å². The highest BCUT2D eigenvalue weighted by Gasteiger charge is 2.38. The number of carbonyl (C=O) groups excluding carboxylic acids is 2. The second kappa shape index (κ2) is 10.1.